The molecule has 2 rings (SSSR count). The van der Waals surface area contributed by atoms with Gasteiger partial charge in [-0.05, 0) is 48.5 Å². The monoisotopic (exact) mass is 402 g/mol. The number of nitrogens with two attached hydrogens (primary N) is 2. The first-order valence-corrected chi connectivity index (χ1v) is 8.44. The summed E-state index contributed by atoms with van der Waals surface area (Å²) in [6.07, 6.45) is -0.120. The number of ether oxygens (including phenoxy) is 1. The first-order chi connectivity index (χ1) is 13.8. The standard InChI is InChI=1S/C19H19FN4O5/c20-13-3-7-15(8-4-13)24(10-9-16(21)25)17(26)11-29-18(27)12-1-5-14(6-2-12)23-19(22)28/h1-8H,9-11H2,(H2,21,25)(H3,22,23,28). The van der Waals surface area contributed by atoms with E-state index in [1.54, 1.807) is 0 Å². The maximum absolute atomic E-state index is 13.1. The zero-order chi connectivity index (χ0) is 21.4. The number of primary amides is 2. The van der Waals surface area contributed by atoms with Gasteiger partial charge in [0, 0.05) is 24.3 Å². The molecule has 0 saturated carbocycles. The zero-order valence-corrected chi connectivity index (χ0v) is 15.3. The number of halogens is 1. The molecular weight excluding hydrogens is 383 g/mol. The van der Waals surface area contributed by atoms with Crippen LogP contribution in [0.15, 0.2) is 48.5 Å². The second kappa shape index (κ2) is 9.83. The van der Waals surface area contributed by atoms with Crippen LogP contribution in [0.3, 0.4) is 0 Å². The summed E-state index contributed by atoms with van der Waals surface area (Å²) >= 11 is 0. The number of carbonyl (C=O) groups excluding carboxylic acids is 4. The fraction of sp³-hybridized carbons (Fsp3) is 0.158. The van der Waals surface area contributed by atoms with Crippen LogP contribution in [0.5, 0.6) is 0 Å². The highest BCUT2D eigenvalue weighted by molar-refractivity contribution is 5.97. The van der Waals surface area contributed by atoms with Crippen molar-refractivity contribution in [2.45, 2.75) is 6.42 Å². The molecule has 9 nitrogen and oxygen atoms in total. The number of carbonyl (C=O) groups is 4. The van der Waals surface area contributed by atoms with Gasteiger partial charge in [-0.2, -0.15) is 0 Å². The lowest BCUT2D eigenvalue weighted by atomic mass is 10.2. The number of anilines is 2. The summed E-state index contributed by atoms with van der Waals surface area (Å²) in [5.41, 5.74) is 11.0. The number of esters is 1. The van der Waals surface area contributed by atoms with Crippen molar-refractivity contribution in [2.75, 3.05) is 23.4 Å². The van der Waals surface area contributed by atoms with Gasteiger partial charge in [-0.15, -0.1) is 0 Å². The van der Waals surface area contributed by atoms with Gasteiger partial charge < -0.3 is 26.4 Å². The van der Waals surface area contributed by atoms with E-state index in [1.165, 1.54) is 41.3 Å². The Morgan fingerprint density at radius 3 is 2.14 bits per heavy atom. The van der Waals surface area contributed by atoms with E-state index >= 15 is 0 Å². The van der Waals surface area contributed by atoms with Crippen LogP contribution in [0.25, 0.3) is 0 Å². The Morgan fingerprint density at radius 2 is 1.59 bits per heavy atom. The van der Waals surface area contributed by atoms with Crippen LogP contribution in [0.2, 0.25) is 0 Å². The summed E-state index contributed by atoms with van der Waals surface area (Å²) in [5.74, 6) is -2.49. The molecule has 29 heavy (non-hydrogen) atoms. The Kier molecular flexibility index (Phi) is 7.24. The molecule has 2 aromatic carbocycles. The minimum atomic E-state index is -0.766. The third kappa shape index (κ3) is 6.61. The third-order valence-corrected chi connectivity index (χ3v) is 3.74. The van der Waals surface area contributed by atoms with Gasteiger partial charge in [0.1, 0.15) is 5.82 Å². The average Bonchev–Trinajstić information content (AvgIpc) is 2.67. The molecule has 10 heteroatoms. The summed E-state index contributed by atoms with van der Waals surface area (Å²) in [7, 11) is 0. The molecule has 152 valence electrons. The second-order valence-electron chi connectivity index (χ2n) is 5.88. The van der Waals surface area contributed by atoms with E-state index < -0.39 is 36.2 Å². The molecule has 5 N–H and O–H groups in total. The van der Waals surface area contributed by atoms with Crippen molar-refractivity contribution in [1.29, 1.82) is 0 Å². The number of urea groups is 1. The number of hydrogen-bond acceptors (Lipinski definition) is 5. The van der Waals surface area contributed by atoms with Gasteiger partial charge in [0.15, 0.2) is 6.61 Å². The Balaban J connectivity index is 2.02. The van der Waals surface area contributed by atoms with Gasteiger partial charge in [-0.1, -0.05) is 0 Å². The van der Waals surface area contributed by atoms with Crippen LogP contribution < -0.4 is 21.7 Å². The predicted molar refractivity (Wildman–Crippen MR) is 102 cm³/mol. The van der Waals surface area contributed by atoms with Crippen LogP contribution in [-0.4, -0.2) is 37.0 Å². The van der Waals surface area contributed by atoms with Gasteiger partial charge in [-0.25, -0.2) is 14.0 Å². The fourth-order valence-corrected chi connectivity index (χ4v) is 2.36. The normalized spacial score (nSPS) is 10.1. The van der Waals surface area contributed by atoms with Crippen LogP contribution in [0.4, 0.5) is 20.6 Å². The summed E-state index contributed by atoms with van der Waals surface area (Å²) in [4.78, 5) is 47.6. The molecule has 0 aliphatic heterocycles. The first-order valence-electron chi connectivity index (χ1n) is 8.44. The summed E-state index contributed by atoms with van der Waals surface area (Å²) in [6.45, 7) is -0.652. The van der Waals surface area contributed by atoms with Gasteiger partial charge in [0.2, 0.25) is 5.91 Å². The summed E-state index contributed by atoms with van der Waals surface area (Å²) < 4.78 is 18.1. The molecule has 2 aromatic rings. The van der Waals surface area contributed by atoms with Crippen LogP contribution >= 0.6 is 0 Å². The second-order valence-corrected chi connectivity index (χ2v) is 5.88. The number of rotatable bonds is 8. The van der Waals surface area contributed by atoms with E-state index in [1.807, 2.05) is 0 Å². The SMILES string of the molecule is NC(=O)CCN(C(=O)COC(=O)c1ccc(NC(N)=O)cc1)c1ccc(F)cc1. The molecule has 0 fully saturated rings. The number of amides is 4. The predicted octanol–water partition coefficient (Wildman–Crippen LogP) is 1.38. The van der Waals surface area contributed by atoms with Crippen molar-refractivity contribution in [1.82, 2.24) is 0 Å². The molecule has 0 unspecified atom stereocenters. The molecule has 0 atom stereocenters. The number of nitrogens with zero attached hydrogens (tertiary/aromatic N) is 1. The number of benzene rings is 2. The van der Waals surface area contributed by atoms with E-state index in [0.29, 0.717) is 11.4 Å². The van der Waals surface area contributed by atoms with E-state index in [9.17, 15) is 23.6 Å². The molecule has 0 spiro atoms. The number of nitrogens with one attached hydrogen (secondary N) is 1. The minimum Gasteiger partial charge on any atom is -0.452 e. The minimum absolute atomic E-state index is 0.0508. The molecule has 0 bridgehead atoms. The highest BCUT2D eigenvalue weighted by atomic mass is 19.1. The zero-order valence-electron chi connectivity index (χ0n) is 15.3. The molecule has 0 saturated heterocycles. The number of hydrogen-bond donors (Lipinski definition) is 3. The lowest BCUT2D eigenvalue weighted by molar-refractivity contribution is -0.121. The quantitative estimate of drug-likeness (QED) is 0.571. The Bertz CT molecular complexity index is 900. The Labute approximate surface area is 165 Å². The van der Waals surface area contributed by atoms with Crippen LogP contribution in [-0.2, 0) is 14.3 Å². The highest BCUT2D eigenvalue weighted by Crippen LogP contribution is 2.16. The van der Waals surface area contributed by atoms with Crippen molar-refractivity contribution in [3.63, 3.8) is 0 Å². The summed E-state index contributed by atoms with van der Waals surface area (Å²) in [5, 5.41) is 2.34. The Morgan fingerprint density at radius 1 is 0.966 bits per heavy atom. The molecule has 0 aliphatic rings. The third-order valence-electron chi connectivity index (χ3n) is 3.74. The average molecular weight is 402 g/mol. The smallest absolute Gasteiger partial charge is 0.338 e. The molecular formula is C19H19FN4O5. The topological polar surface area (TPSA) is 145 Å². The van der Waals surface area contributed by atoms with Crippen molar-refractivity contribution < 1.29 is 28.3 Å². The lowest BCUT2D eigenvalue weighted by Gasteiger charge is -2.22. The van der Waals surface area contributed by atoms with Gasteiger partial charge >= 0.3 is 12.0 Å². The van der Waals surface area contributed by atoms with Crippen molar-refractivity contribution in [3.8, 4) is 0 Å². The lowest BCUT2D eigenvalue weighted by Crippen LogP contribution is -2.37. The molecule has 0 radical (unpaired) electrons. The highest BCUT2D eigenvalue weighted by Gasteiger charge is 2.19. The van der Waals surface area contributed by atoms with E-state index in [2.05, 4.69) is 5.32 Å². The maximum Gasteiger partial charge on any atom is 0.338 e. The summed E-state index contributed by atoms with van der Waals surface area (Å²) in [6, 6.07) is 9.97. The molecule has 4 amide bonds. The van der Waals surface area contributed by atoms with Crippen molar-refractivity contribution >= 4 is 35.2 Å². The van der Waals surface area contributed by atoms with E-state index in [-0.39, 0.29) is 18.5 Å². The maximum atomic E-state index is 13.1. The van der Waals surface area contributed by atoms with Gasteiger partial charge in [0.25, 0.3) is 5.91 Å². The van der Waals surface area contributed by atoms with Crippen LogP contribution in [0, 0.1) is 5.82 Å². The van der Waals surface area contributed by atoms with Crippen molar-refractivity contribution in [3.05, 3.63) is 59.9 Å². The first kappa shape index (κ1) is 21.4. The van der Waals surface area contributed by atoms with E-state index in [4.69, 9.17) is 16.2 Å². The fourth-order valence-electron chi connectivity index (χ4n) is 2.36. The largest absolute Gasteiger partial charge is 0.452 e. The van der Waals surface area contributed by atoms with Crippen LogP contribution in [0.1, 0.15) is 16.8 Å². The van der Waals surface area contributed by atoms with E-state index in [0.717, 1.165) is 12.1 Å². The Hall–Kier alpha value is -3.95. The van der Waals surface area contributed by atoms with Crippen molar-refractivity contribution in [2.24, 2.45) is 11.5 Å². The van der Waals surface area contributed by atoms with Gasteiger partial charge in [0.05, 0.1) is 5.56 Å². The van der Waals surface area contributed by atoms with Gasteiger partial charge in [-0.3, -0.25) is 9.59 Å². The molecule has 0 aromatic heterocycles. The molecule has 0 aliphatic carbocycles. The molecule has 0 heterocycles.